The van der Waals surface area contributed by atoms with Gasteiger partial charge in [-0.15, -0.1) is 0 Å². The fourth-order valence-electron chi connectivity index (χ4n) is 1.98. The van der Waals surface area contributed by atoms with Gasteiger partial charge in [0.15, 0.2) is 6.54 Å². The van der Waals surface area contributed by atoms with Crippen molar-refractivity contribution in [2.24, 2.45) is 0 Å². The van der Waals surface area contributed by atoms with Gasteiger partial charge in [-0.2, -0.15) is 12.1 Å². The Hall–Kier alpha value is 0.338. The van der Waals surface area contributed by atoms with Gasteiger partial charge >= 0.3 is 27.0 Å². The zero-order chi connectivity index (χ0) is 18.3. The van der Waals surface area contributed by atoms with E-state index in [0.717, 1.165) is 12.8 Å². The molecule has 1 aliphatic rings. The molecule has 2 atom stereocenters. The molecule has 0 spiro atoms. The van der Waals surface area contributed by atoms with E-state index in [9.17, 15) is 28.9 Å². The standard InChI is InChI=1S/C6H12N2.C4H11NO8P2.Pt/c7-5-3-1-2-4-6(5)8;6-4(7)1-5(2-14(8,9)10)3-15(11,12)13;/h5-8H,1-4H2;1-3H2,(H,6,7)(H2,8,9,10)(H2,11,12,13);/q-2;;+2/p-2. The number of hydrogen-bond donors (Lipinski definition) is 0. The summed E-state index contributed by atoms with van der Waals surface area (Å²) >= 11 is 0. The molecule has 146 valence electrons. The Morgan fingerprint density at radius 2 is 1.54 bits per heavy atom. The van der Waals surface area contributed by atoms with Crippen LogP contribution in [-0.4, -0.2) is 51.7 Å². The largest absolute Gasteiger partial charge is 2.00 e. The molecular formula is C10H21N3O8P2Pt-2. The summed E-state index contributed by atoms with van der Waals surface area (Å²) in [6, 6.07) is -0.160. The molecule has 1 aliphatic carbocycles. The predicted octanol–water partition coefficient (Wildman–Crippen LogP) is -2.38. The second-order valence-electron chi connectivity index (χ2n) is 5.28. The molecule has 0 bridgehead atoms. The van der Waals surface area contributed by atoms with Crippen LogP contribution >= 0.6 is 15.2 Å². The van der Waals surface area contributed by atoms with E-state index in [1.807, 2.05) is 0 Å². The number of carbonyl (C=O) groups is 1. The number of carbonyl (C=O) groups excluding carboxylic acids is 1. The Morgan fingerprint density at radius 1 is 1.12 bits per heavy atom. The van der Waals surface area contributed by atoms with Crippen molar-refractivity contribution < 1.29 is 59.7 Å². The molecule has 0 radical (unpaired) electrons. The third kappa shape index (κ3) is 15.8. The van der Waals surface area contributed by atoms with E-state index in [1.165, 1.54) is 12.8 Å². The van der Waals surface area contributed by atoms with Gasteiger partial charge < -0.3 is 45.3 Å². The van der Waals surface area contributed by atoms with E-state index >= 15 is 0 Å². The summed E-state index contributed by atoms with van der Waals surface area (Å²) in [5.74, 6) is -1.27. The van der Waals surface area contributed by atoms with Crippen LogP contribution in [0.3, 0.4) is 0 Å². The topological polar surface area (TPSA) is 222 Å². The molecule has 0 saturated heterocycles. The summed E-state index contributed by atoms with van der Waals surface area (Å²) in [4.78, 5) is 52.0. The van der Waals surface area contributed by atoms with E-state index in [4.69, 9.17) is 21.1 Å². The molecule has 24 heavy (non-hydrogen) atoms. The summed E-state index contributed by atoms with van der Waals surface area (Å²) in [6.07, 6.45) is 1.85. The molecule has 1 rings (SSSR count). The zero-order valence-corrected chi connectivity index (χ0v) is 16.7. The van der Waals surface area contributed by atoms with Crippen LogP contribution in [0.2, 0.25) is 0 Å². The van der Waals surface area contributed by atoms with E-state index in [-0.39, 0.29) is 33.1 Å². The van der Waals surface area contributed by atoms with Crippen LogP contribution in [0.4, 0.5) is 0 Å². The van der Waals surface area contributed by atoms with Gasteiger partial charge in [-0.3, -0.25) is 4.90 Å². The minimum Gasteiger partial charge on any atom is -0.810 e. The van der Waals surface area contributed by atoms with Crippen LogP contribution in [0.25, 0.3) is 11.5 Å². The van der Waals surface area contributed by atoms with Gasteiger partial charge in [0.2, 0.25) is 0 Å². The number of nitrogens with zero attached hydrogens (tertiary/aromatic N) is 1. The van der Waals surface area contributed by atoms with Crippen molar-refractivity contribution in [3.8, 4) is 0 Å². The maximum atomic E-state index is 10.4. The molecule has 14 heteroatoms. The Bertz CT molecular complexity index is 437. The first-order valence-electron chi connectivity index (χ1n) is 6.73. The smallest absolute Gasteiger partial charge is 0.810 e. The van der Waals surface area contributed by atoms with Gasteiger partial charge in [-0.1, -0.05) is 33.3 Å². The second-order valence-corrected chi connectivity index (χ2v) is 8.34. The predicted molar refractivity (Wildman–Crippen MR) is 76.2 cm³/mol. The molecular weight excluding hydrogens is 547 g/mol. The van der Waals surface area contributed by atoms with Crippen LogP contribution in [-0.2, 0) is 30.4 Å². The summed E-state index contributed by atoms with van der Waals surface area (Å²) < 4.78 is 18.7. The first-order chi connectivity index (χ1) is 10.3. The van der Waals surface area contributed by atoms with E-state index < -0.39 is 40.3 Å². The van der Waals surface area contributed by atoms with Crippen molar-refractivity contribution in [2.45, 2.75) is 37.8 Å². The third-order valence-electron chi connectivity index (χ3n) is 2.89. The van der Waals surface area contributed by atoms with E-state index in [2.05, 4.69) is 0 Å². The summed E-state index contributed by atoms with van der Waals surface area (Å²) in [6.45, 7) is -0.860. The van der Waals surface area contributed by atoms with Crippen molar-refractivity contribution in [1.29, 1.82) is 0 Å². The molecule has 0 aliphatic heterocycles. The van der Waals surface area contributed by atoms with E-state index in [0.29, 0.717) is 4.90 Å². The van der Waals surface area contributed by atoms with Gasteiger partial charge in [0.1, 0.15) is 7.60 Å². The molecule has 0 aromatic heterocycles. The normalized spacial score (nSPS) is 21.5. The SMILES string of the molecule is O=C([OH2+])CN(CP(=O)([O-])[O-])CP([O-])([O-])=[OH+].[NH-]C1CCCCC1[NH-].[Pt+2]. The molecule has 0 heterocycles. The minimum atomic E-state index is -5.04. The molecule has 5 N–H and O–H groups in total. The average Bonchev–Trinajstić information content (AvgIpc) is 2.28. The van der Waals surface area contributed by atoms with Gasteiger partial charge in [0.25, 0.3) is 0 Å². The second kappa shape index (κ2) is 11.9. The van der Waals surface area contributed by atoms with Gasteiger partial charge in [-0.05, 0) is 0 Å². The van der Waals surface area contributed by atoms with Crippen LogP contribution in [0.1, 0.15) is 25.7 Å². The molecule has 0 aromatic rings. The fourth-order valence-corrected chi connectivity index (χ4v) is 3.53. The Kier molecular flexibility index (Phi) is 13.1. The Labute approximate surface area is 154 Å². The number of rotatable bonds is 6. The maximum Gasteiger partial charge on any atom is 2.00 e. The van der Waals surface area contributed by atoms with Crippen molar-refractivity contribution in [2.75, 3.05) is 19.1 Å². The van der Waals surface area contributed by atoms with Crippen LogP contribution < -0.4 is 19.6 Å². The molecule has 0 aromatic carbocycles. The van der Waals surface area contributed by atoms with Crippen molar-refractivity contribution in [1.82, 2.24) is 4.90 Å². The molecule has 0 amide bonds. The van der Waals surface area contributed by atoms with Crippen molar-refractivity contribution in [3.05, 3.63) is 11.5 Å². The van der Waals surface area contributed by atoms with Gasteiger partial charge in [-0.25, -0.2) is 0 Å². The molecule has 1 saturated carbocycles. The molecule has 2 unspecified atom stereocenters. The third-order valence-corrected chi connectivity index (χ3v) is 4.39. The van der Waals surface area contributed by atoms with Crippen molar-refractivity contribution >= 4 is 21.2 Å². The van der Waals surface area contributed by atoms with Crippen LogP contribution in [0.15, 0.2) is 0 Å². The Morgan fingerprint density at radius 3 is 1.79 bits per heavy atom. The average molecular weight is 568 g/mol. The first kappa shape index (κ1) is 26.6. The number of nitrogens with one attached hydrogen (secondary N) is 2. The fraction of sp³-hybridized carbons (Fsp3) is 0.900. The quantitative estimate of drug-likeness (QED) is 0.250. The monoisotopic (exact) mass is 568 g/mol. The molecule has 1 fully saturated rings. The first-order valence-corrected chi connectivity index (χ1v) is 10.2. The van der Waals surface area contributed by atoms with Gasteiger partial charge in [0, 0.05) is 11.1 Å². The van der Waals surface area contributed by atoms with Gasteiger partial charge in [0.05, 0.1) is 6.29 Å². The van der Waals surface area contributed by atoms with Crippen molar-refractivity contribution in [3.63, 3.8) is 0 Å². The Balaban J connectivity index is 0. The molecule has 11 nitrogen and oxygen atoms in total. The summed E-state index contributed by atoms with van der Waals surface area (Å²) in [5.41, 5.74) is 14.6. The summed E-state index contributed by atoms with van der Waals surface area (Å²) in [5, 5.41) is 6.48. The van der Waals surface area contributed by atoms with Crippen LogP contribution in [0.5, 0.6) is 0 Å². The summed E-state index contributed by atoms with van der Waals surface area (Å²) in [7, 11) is -9.87. The zero-order valence-electron chi connectivity index (χ0n) is 12.7. The van der Waals surface area contributed by atoms with Crippen LogP contribution in [0, 0.1) is 0 Å². The maximum absolute atomic E-state index is 10.4. The van der Waals surface area contributed by atoms with E-state index in [1.54, 1.807) is 0 Å². The number of hydrogen-bond acceptors (Lipinski definition) is 7. The minimum absolute atomic E-state index is 0.